The van der Waals surface area contributed by atoms with Crippen molar-refractivity contribution in [2.45, 2.75) is 26.3 Å². The fourth-order valence-corrected chi connectivity index (χ4v) is 1.44. The number of aromatic nitrogens is 2. The zero-order chi connectivity index (χ0) is 13.7. The number of carbonyl (C=O) groups excluding carboxylic acids is 1. The van der Waals surface area contributed by atoms with Crippen molar-refractivity contribution in [3.8, 4) is 0 Å². The number of amides is 1. The predicted octanol–water partition coefficient (Wildman–Crippen LogP) is 1.36. The van der Waals surface area contributed by atoms with Crippen LogP contribution in [0.25, 0.3) is 0 Å². The van der Waals surface area contributed by atoms with E-state index in [1.807, 2.05) is 6.92 Å². The molecule has 18 heavy (non-hydrogen) atoms. The van der Waals surface area contributed by atoms with E-state index in [1.165, 1.54) is 12.1 Å². The highest BCUT2D eigenvalue weighted by molar-refractivity contribution is 6.29. The molecule has 0 saturated carbocycles. The first-order valence-electron chi connectivity index (χ1n) is 5.48. The lowest BCUT2D eigenvalue weighted by Crippen LogP contribution is -2.45. The van der Waals surface area contributed by atoms with Crippen LogP contribution in [0, 0.1) is 5.92 Å². The third-order valence-electron chi connectivity index (χ3n) is 2.63. The molecule has 0 bridgehead atoms. The molecular formula is C11H14ClN3O3. The van der Waals surface area contributed by atoms with Crippen LogP contribution in [-0.2, 0) is 4.79 Å². The lowest BCUT2D eigenvalue weighted by atomic mass is 9.99. The van der Waals surface area contributed by atoms with E-state index in [0.29, 0.717) is 6.42 Å². The van der Waals surface area contributed by atoms with Crippen molar-refractivity contribution in [3.05, 3.63) is 23.0 Å². The minimum atomic E-state index is -1.07. The highest BCUT2D eigenvalue weighted by Crippen LogP contribution is 2.09. The van der Waals surface area contributed by atoms with Gasteiger partial charge in [0.15, 0.2) is 10.8 Å². The number of halogens is 1. The Bertz CT molecular complexity index is 436. The molecule has 0 saturated heterocycles. The van der Waals surface area contributed by atoms with Crippen LogP contribution in [0.1, 0.15) is 30.8 Å². The number of aliphatic carboxylic acids is 1. The zero-order valence-corrected chi connectivity index (χ0v) is 10.8. The van der Waals surface area contributed by atoms with Crippen LogP contribution in [0.15, 0.2) is 12.1 Å². The summed E-state index contributed by atoms with van der Waals surface area (Å²) in [6.07, 6.45) is 0.642. The molecule has 7 heteroatoms. The van der Waals surface area contributed by atoms with Crippen molar-refractivity contribution in [1.82, 2.24) is 15.5 Å². The Labute approximate surface area is 109 Å². The van der Waals surface area contributed by atoms with Gasteiger partial charge in [-0.3, -0.25) is 4.79 Å². The first kappa shape index (κ1) is 14.4. The maximum absolute atomic E-state index is 11.8. The highest BCUT2D eigenvalue weighted by Gasteiger charge is 2.26. The molecule has 0 aromatic carbocycles. The summed E-state index contributed by atoms with van der Waals surface area (Å²) in [7, 11) is 0. The number of carbonyl (C=O) groups is 2. The summed E-state index contributed by atoms with van der Waals surface area (Å²) < 4.78 is 0. The summed E-state index contributed by atoms with van der Waals surface area (Å²) in [6, 6.07) is 1.86. The van der Waals surface area contributed by atoms with Crippen LogP contribution >= 0.6 is 11.6 Å². The minimum absolute atomic E-state index is 0.0361. The average molecular weight is 272 g/mol. The number of nitrogens with one attached hydrogen (secondary N) is 1. The summed E-state index contributed by atoms with van der Waals surface area (Å²) in [4.78, 5) is 22.8. The smallest absolute Gasteiger partial charge is 0.326 e. The van der Waals surface area contributed by atoms with Gasteiger partial charge in [0, 0.05) is 0 Å². The lowest BCUT2D eigenvalue weighted by Gasteiger charge is -2.19. The monoisotopic (exact) mass is 271 g/mol. The molecule has 1 aromatic rings. The Balaban J connectivity index is 2.78. The van der Waals surface area contributed by atoms with Gasteiger partial charge in [-0.2, -0.15) is 0 Å². The summed E-state index contributed by atoms with van der Waals surface area (Å²) in [6.45, 7) is 3.61. The van der Waals surface area contributed by atoms with Crippen LogP contribution in [0.4, 0.5) is 0 Å². The summed E-state index contributed by atoms with van der Waals surface area (Å²) in [5.74, 6) is -1.82. The number of hydrogen-bond acceptors (Lipinski definition) is 4. The molecule has 2 N–H and O–H groups in total. The molecule has 0 spiro atoms. The zero-order valence-electron chi connectivity index (χ0n) is 10.1. The molecule has 1 amide bonds. The lowest BCUT2D eigenvalue weighted by molar-refractivity contribution is -0.140. The Kier molecular flexibility index (Phi) is 5.03. The standard InChI is InChI=1S/C11H14ClN3O3/c1-3-6(2)9(11(17)18)13-10(16)7-4-5-8(12)15-14-7/h4-6,9H,3H2,1-2H3,(H,13,16)(H,17,18). The molecule has 0 radical (unpaired) electrons. The molecule has 98 valence electrons. The van der Waals surface area contributed by atoms with Crippen LogP contribution in [-0.4, -0.2) is 33.2 Å². The topological polar surface area (TPSA) is 92.2 Å². The van der Waals surface area contributed by atoms with Gasteiger partial charge in [0.05, 0.1) is 0 Å². The number of hydrogen-bond donors (Lipinski definition) is 2. The van der Waals surface area contributed by atoms with Crippen molar-refractivity contribution in [2.75, 3.05) is 0 Å². The van der Waals surface area contributed by atoms with Gasteiger partial charge in [0.25, 0.3) is 5.91 Å². The van der Waals surface area contributed by atoms with Crippen molar-refractivity contribution in [1.29, 1.82) is 0 Å². The average Bonchev–Trinajstić information content (AvgIpc) is 2.35. The SMILES string of the molecule is CCC(C)C(NC(=O)c1ccc(Cl)nn1)C(=O)O. The molecule has 0 fully saturated rings. The maximum atomic E-state index is 11.8. The Morgan fingerprint density at radius 3 is 2.56 bits per heavy atom. The van der Waals surface area contributed by atoms with Crippen LogP contribution < -0.4 is 5.32 Å². The molecule has 0 aliphatic rings. The largest absolute Gasteiger partial charge is 0.480 e. The molecule has 1 rings (SSSR count). The van der Waals surface area contributed by atoms with Gasteiger partial charge < -0.3 is 10.4 Å². The summed E-state index contributed by atoms with van der Waals surface area (Å²) >= 11 is 5.55. The first-order chi connectivity index (χ1) is 8.45. The van der Waals surface area contributed by atoms with E-state index in [0.717, 1.165) is 0 Å². The van der Waals surface area contributed by atoms with Gasteiger partial charge in [-0.05, 0) is 18.1 Å². The summed E-state index contributed by atoms with van der Waals surface area (Å²) in [5, 5.41) is 18.7. The van der Waals surface area contributed by atoms with Crippen molar-refractivity contribution in [3.63, 3.8) is 0 Å². The molecule has 2 atom stereocenters. The molecule has 2 unspecified atom stereocenters. The Morgan fingerprint density at radius 2 is 2.11 bits per heavy atom. The van der Waals surface area contributed by atoms with Gasteiger partial charge in [0.1, 0.15) is 6.04 Å². The third kappa shape index (κ3) is 3.66. The van der Waals surface area contributed by atoms with Gasteiger partial charge in [0.2, 0.25) is 0 Å². The second-order valence-corrected chi connectivity index (χ2v) is 4.30. The first-order valence-corrected chi connectivity index (χ1v) is 5.86. The predicted molar refractivity (Wildman–Crippen MR) is 65.4 cm³/mol. The van der Waals surface area contributed by atoms with Gasteiger partial charge >= 0.3 is 5.97 Å². The van der Waals surface area contributed by atoms with E-state index < -0.39 is 17.9 Å². The van der Waals surface area contributed by atoms with Gasteiger partial charge in [-0.15, -0.1) is 10.2 Å². The molecule has 1 heterocycles. The van der Waals surface area contributed by atoms with E-state index >= 15 is 0 Å². The molecule has 6 nitrogen and oxygen atoms in total. The van der Waals surface area contributed by atoms with Gasteiger partial charge in [-0.1, -0.05) is 31.9 Å². The molecule has 1 aromatic heterocycles. The van der Waals surface area contributed by atoms with E-state index in [9.17, 15) is 9.59 Å². The third-order valence-corrected chi connectivity index (χ3v) is 2.83. The molecule has 0 aliphatic heterocycles. The second kappa shape index (κ2) is 6.30. The van der Waals surface area contributed by atoms with Crippen LogP contribution in [0.3, 0.4) is 0 Å². The fourth-order valence-electron chi connectivity index (χ4n) is 1.34. The Morgan fingerprint density at radius 1 is 1.44 bits per heavy atom. The van der Waals surface area contributed by atoms with Crippen molar-refractivity contribution in [2.24, 2.45) is 5.92 Å². The Hall–Kier alpha value is -1.69. The van der Waals surface area contributed by atoms with Crippen molar-refractivity contribution < 1.29 is 14.7 Å². The van der Waals surface area contributed by atoms with Crippen LogP contribution in [0.2, 0.25) is 5.15 Å². The van der Waals surface area contributed by atoms with Crippen LogP contribution in [0.5, 0.6) is 0 Å². The van der Waals surface area contributed by atoms with E-state index in [-0.39, 0.29) is 16.8 Å². The molecule has 0 aliphatic carbocycles. The van der Waals surface area contributed by atoms with E-state index in [2.05, 4.69) is 15.5 Å². The normalized spacial score (nSPS) is 13.7. The minimum Gasteiger partial charge on any atom is -0.480 e. The molecular weight excluding hydrogens is 258 g/mol. The number of carboxylic acids is 1. The quantitative estimate of drug-likeness (QED) is 0.843. The van der Waals surface area contributed by atoms with E-state index in [1.54, 1.807) is 6.92 Å². The van der Waals surface area contributed by atoms with Gasteiger partial charge in [-0.25, -0.2) is 4.79 Å². The fraction of sp³-hybridized carbons (Fsp3) is 0.455. The maximum Gasteiger partial charge on any atom is 0.326 e. The second-order valence-electron chi connectivity index (χ2n) is 3.92. The van der Waals surface area contributed by atoms with E-state index in [4.69, 9.17) is 16.7 Å². The summed E-state index contributed by atoms with van der Waals surface area (Å²) in [5.41, 5.74) is 0.0361. The number of carboxylic acid groups (broad SMARTS) is 1. The highest BCUT2D eigenvalue weighted by atomic mass is 35.5. The number of nitrogens with zero attached hydrogens (tertiary/aromatic N) is 2. The number of rotatable bonds is 5. The van der Waals surface area contributed by atoms with Crippen molar-refractivity contribution >= 4 is 23.5 Å².